The first-order chi connectivity index (χ1) is 10.3. The molecule has 0 aromatic heterocycles. The molecule has 4 rings (SSSR count). The predicted molar refractivity (Wildman–Crippen MR) is 86.1 cm³/mol. The van der Waals surface area contributed by atoms with Gasteiger partial charge in [0.05, 0.1) is 0 Å². The van der Waals surface area contributed by atoms with Crippen LogP contribution in [0, 0.1) is 6.92 Å². The molecule has 108 valence electrons. The number of rotatable bonds is 2. The molecular formula is C19H21NO. The summed E-state index contributed by atoms with van der Waals surface area (Å²) >= 11 is 0. The van der Waals surface area contributed by atoms with Gasteiger partial charge in [-0.15, -0.1) is 0 Å². The van der Waals surface area contributed by atoms with Crippen molar-refractivity contribution in [1.29, 1.82) is 0 Å². The van der Waals surface area contributed by atoms with E-state index in [2.05, 4.69) is 54.7 Å². The molecule has 2 aromatic rings. The van der Waals surface area contributed by atoms with E-state index in [0.29, 0.717) is 12.1 Å². The van der Waals surface area contributed by atoms with E-state index in [1.807, 2.05) is 0 Å². The lowest BCUT2D eigenvalue weighted by atomic mass is 9.93. The van der Waals surface area contributed by atoms with Gasteiger partial charge in [-0.2, -0.15) is 0 Å². The van der Waals surface area contributed by atoms with Gasteiger partial charge in [0.1, 0.15) is 11.9 Å². The van der Waals surface area contributed by atoms with E-state index < -0.39 is 0 Å². The summed E-state index contributed by atoms with van der Waals surface area (Å²) in [5, 5.41) is 3.68. The van der Waals surface area contributed by atoms with E-state index in [1.165, 1.54) is 35.2 Å². The molecule has 0 aliphatic carbocycles. The summed E-state index contributed by atoms with van der Waals surface area (Å²) in [6.45, 7) is 2.15. The number of aryl methyl sites for hydroxylation is 2. The fraction of sp³-hybridized carbons (Fsp3) is 0.368. The molecule has 2 aliphatic rings. The highest BCUT2D eigenvalue weighted by Crippen LogP contribution is 2.33. The number of benzene rings is 2. The maximum atomic E-state index is 6.11. The molecule has 1 N–H and O–H groups in total. The van der Waals surface area contributed by atoms with Crippen molar-refractivity contribution in [3.63, 3.8) is 0 Å². The standard InChI is InChI=1S/C19H21NO/c1-13-6-9-19-15(10-13)11-17(21-19)12-16-8-7-14-4-2-3-5-18(14)20-16/h2-6,9-10,16-17,20H,7-8,11-12H2,1H3. The van der Waals surface area contributed by atoms with Crippen LogP contribution < -0.4 is 10.1 Å². The van der Waals surface area contributed by atoms with Crippen LogP contribution in [0.15, 0.2) is 42.5 Å². The molecule has 0 bridgehead atoms. The minimum atomic E-state index is 0.324. The molecule has 2 heterocycles. The van der Waals surface area contributed by atoms with Gasteiger partial charge >= 0.3 is 0 Å². The van der Waals surface area contributed by atoms with Crippen LogP contribution in [-0.2, 0) is 12.8 Å². The Morgan fingerprint density at radius 2 is 2.05 bits per heavy atom. The maximum Gasteiger partial charge on any atom is 0.123 e. The largest absolute Gasteiger partial charge is 0.490 e. The summed E-state index contributed by atoms with van der Waals surface area (Å²) in [4.78, 5) is 0. The van der Waals surface area contributed by atoms with Crippen molar-refractivity contribution in [2.24, 2.45) is 0 Å². The Hall–Kier alpha value is -1.96. The fourth-order valence-corrected chi connectivity index (χ4v) is 3.58. The molecule has 0 radical (unpaired) electrons. The summed E-state index contributed by atoms with van der Waals surface area (Å²) in [5.74, 6) is 1.09. The highest BCUT2D eigenvalue weighted by molar-refractivity contribution is 5.53. The number of fused-ring (bicyclic) bond motifs is 2. The van der Waals surface area contributed by atoms with E-state index in [0.717, 1.165) is 18.6 Å². The summed E-state index contributed by atoms with van der Waals surface area (Å²) in [6.07, 6.45) is 4.84. The Labute approximate surface area is 126 Å². The highest BCUT2D eigenvalue weighted by Gasteiger charge is 2.27. The molecule has 2 atom stereocenters. The maximum absolute atomic E-state index is 6.11. The number of hydrogen-bond donors (Lipinski definition) is 1. The first kappa shape index (κ1) is 12.8. The molecular weight excluding hydrogens is 258 g/mol. The van der Waals surface area contributed by atoms with Crippen molar-refractivity contribution in [1.82, 2.24) is 0 Å². The normalized spacial score (nSPS) is 22.9. The second-order valence-corrected chi connectivity index (χ2v) is 6.33. The Morgan fingerprint density at radius 1 is 1.14 bits per heavy atom. The van der Waals surface area contributed by atoms with Crippen molar-refractivity contribution >= 4 is 5.69 Å². The summed E-state index contributed by atoms with van der Waals surface area (Å²) in [5.41, 5.74) is 5.44. The third kappa shape index (κ3) is 2.51. The van der Waals surface area contributed by atoms with Crippen molar-refractivity contribution in [2.75, 3.05) is 5.32 Å². The zero-order valence-electron chi connectivity index (χ0n) is 12.4. The van der Waals surface area contributed by atoms with Crippen molar-refractivity contribution in [2.45, 2.75) is 44.8 Å². The first-order valence-electron chi connectivity index (χ1n) is 7.88. The van der Waals surface area contributed by atoms with Gasteiger partial charge in [-0.1, -0.05) is 35.9 Å². The third-order valence-electron chi connectivity index (χ3n) is 4.64. The van der Waals surface area contributed by atoms with Gasteiger partial charge in [-0.05, 0) is 43.0 Å². The summed E-state index contributed by atoms with van der Waals surface area (Å²) in [7, 11) is 0. The second kappa shape index (κ2) is 5.10. The van der Waals surface area contributed by atoms with Crippen molar-refractivity contribution < 1.29 is 4.74 Å². The Kier molecular flexibility index (Phi) is 3.10. The molecule has 2 nitrogen and oxygen atoms in total. The number of nitrogens with one attached hydrogen (secondary N) is 1. The van der Waals surface area contributed by atoms with E-state index in [9.17, 15) is 0 Å². The second-order valence-electron chi connectivity index (χ2n) is 6.33. The van der Waals surface area contributed by atoms with Crippen LogP contribution in [0.5, 0.6) is 5.75 Å². The number of hydrogen-bond acceptors (Lipinski definition) is 2. The van der Waals surface area contributed by atoms with Gasteiger partial charge in [0.2, 0.25) is 0 Å². The van der Waals surface area contributed by atoms with Crippen LogP contribution >= 0.6 is 0 Å². The minimum Gasteiger partial charge on any atom is -0.490 e. The van der Waals surface area contributed by atoms with Gasteiger partial charge in [0.25, 0.3) is 0 Å². The average molecular weight is 279 g/mol. The van der Waals surface area contributed by atoms with E-state index >= 15 is 0 Å². The predicted octanol–water partition coefficient (Wildman–Crippen LogP) is 4.12. The fourth-order valence-electron chi connectivity index (χ4n) is 3.58. The molecule has 0 fully saturated rings. The molecule has 0 amide bonds. The van der Waals surface area contributed by atoms with Crippen LogP contribution in [0.25, 0.3) is 0 Å². The van der Waals surface area contributed by atoms with Crippen LogP contribution in [0.2, 0.25) is 0 Å². The monoisotopic (exact) mass is 279 g/mol. The van der Waals surface area contributed by atoms with Gasteiger partial charge in [-0.25, -0.2) is 0 Å². The Bertz CT molecular complexity index is 664. The highest BCUT2D eigenvalue weighted by atomic mass is 16.5. The van der Waals surface area contributed by atoms with E-state index in [-0.39, 0.29) is 0 Å². The van der Waals surface area contributed by atoms with Crippen molar-refractivity contribution in [3.05, 3.63) is 59.2 Å². The zero-order chi connectivity index (χ0) is 14.2. The smallest absolute Gasteiger partial charge is 0.123 e. The third-order valence-corrected chi connectivity index (χ3v) is 4.64. The SMILES string of the molecule is Cc1ccc2c(c1)CC(CC1CCc3ccccc3N1)O2. The van der Waals surface area contributed by atoms with Crippen LogP contribution in [0.3, 0.4) is 0 Å². The Balaban J connectivity index is 1.43. The lowest BCUT2D eigenvalue weighted by Gasteiger charge is -2.28. The van der Waals surface area contributed by atoms with Crippen molar-refractivity contribution in [3.8, 4) is 5.75 Å². The van der Waals surface area contributed by atoms with Crippen LogP contribution in [0.1, 0.15) is 29.5 Å². The van der Waals surface area contributed by atoms with E-state index in [4.69, 9.17) is 4.74 Å². The number of ether oxygens (including phenoxy) is 1. The zero-order valence-corrected chi connectivity index (χ0v) is 12.4. The molecule has 2 aromatic carbocycles. The summed E-state index contributed by atoms with van der Waals surface area (Å²) in [6, 6.07) is 15.7. The summed E-state index contributed by atoms with van der Waals surface area (Å²) < 4.78 is 6.11. The average Bonchev–Trinajstić information content (AvgIpc) is 2.88. The minimum absolute atomic E-state index is 0.324. The number of anilines is 1. The van der Waals surface area contributed by atoms with Gasteiger partial charge < -0.3 is 10.1 Å². The molecule has 0 saturated heterocycles. The van der Waals surface area contributed by atoms with E-state index in [1.54, 1.807) is 0 Å². The molecule has 21 heavy (non-hydrogen) atoms. The molecule has 0 spiro atoms. The Morgan fingerprint density at radius 3 is 3.00 bits per heavy atom. The van der Waals surface area contributed by atoms with Gasteiger partial charge in [0.15, 0.2) is 0 Å². The van der Waals surface area contributed by atoms with Gasteiger partial charge in [-0.3, -0.25) is 0 Å². The molecule has 2 aliphatic heterocycles. The van der Waals surface area contributed by atoms with Gasteiger partial charge in [0, 0.05) is 24.6 Å². The topological polar surface area (TPSA) is 21.3 Å². The molecule has 0 saturated carbocycles. The van der Waals surface area contributed by atoms with Crippen LogP contribution in [0.4, 0.5) is 5.69 Å². The lowest BCUT2D eigenvalue weighted by Crippen LogP contribution is -2.31. The lowest BCUT2D eigenvalue weighted by molar-refractivity contribution is 0.210. The quantitative estimate of drug-likeness (QED) is 0.893. The number of para-hydroxylation sites is 1. The molecule has 2 unspecified atom stereocenters. The molecule has 2 heteroatoms. The first-order valence-corrected chi connectivity index (χ1v) is 7.88. The van der Waals surface area contributed by atoms with Crippen LogP contribution in [-0.4, -0.2) is 12.1 Å².